The highest BCUT2D eigenvalue weighted by Gasteiger charge is 2.32. The Balaban J connectivity index is 1.75. The van der Waals surface area contributed by atoms with Gasteiger partial charge in [0.05, 0.1) is 12.5 Å². The quantitative estimate of drug-likeness (QED) is 0.793. The number of carboxylic acid groups (broad SMARTS) is 1. The molecule has 0 aromatic rings. The van der Waals surface area contributed by atoms with Crippen molar-refractivity contribution in [2.75, 3.05) is 32.8 Å². The standard InChI is InChI=1S/C14H24N2O4/c1-2-20-13(17)11-3-5-12(6-4-11)15-7-9-16(10-8-15)14(18)19/h11-12H,2-10H2,1H3,(H,18,19). The summed E-state index contributed by atoms with van der Waals surface area (Å²) in [5.74, 6) is 0.00755. The van der Waals surface area contributed by atoms with E-state index in [9.17, 15) is 9.59 Å². The molecule has 1 N–H and O–H groups in total. The number of amides is 1. The van der Waals surface area contributed by atoms with Crippen molar-refractivity contribution in [1.82, 2.24) is 9.80 Å². The minimum absolute atomic E-state index is 0.0540. The van der Waals surface area contributed by atoms with Gasteiger partial charge in [-0.2, -0.15) is 0 Å². The number of nitrogens with zero attached hydrogens (tertiary/aromatic N) is 2. The predicted molar refractivity (Wildman–Crippen MR) is 73.5 cm³/mol. The van der Waals surface area contributed by atoms with Crippen LogP contribution < -0.4 is 0 Å². The number of ether oxygens (including phenoxy) is 1. The molecule has 0 aromatic heterocycles. The highest BCUT2D eigenvalue weighted by Crippen LogP contribution is 2.29. The zero-order chi connectivity index (χ0) is 14.5. The number of carbonyl (C=O) groups is 2. The Morgan fingerprint density at radius 2 is 1.70 bits per heavy atom. The Bertz CT molecular complexity index is 345. The first-order chi connectivity index (χ1) is 9.61. The molecule has 1 amide bonds. The second-order valence-corrected chi connectivity index (χ2v) is 5.56. The maximum Gasteiger partial charge on any atom is 0.407 e. The smallest absolute Gasteiger partial charge is 0.407 e. The summed E-state index contributed by atoms with van der Waals surface area (Å²) in [6.07, 6.45) is 2.98. The molecule has 0 aromatic carbocycles. The van der Waals surface area contributed by atoms with E-state index in [0.717, 1.165) is 38.8 Å². The average Bonchev–Trinajstić information content (AvgIpc) is 2.48. The minimum Gasteiger partial charge on any atom is -0.466 e. The van der Waals surface area contributed by atoms with E-state index in [1.807, 2.05) is 6.92 Å². The molecule has 2 rings (SSSR count). The largest absolute Gasteiger partial charge is 0.466 e. The molecule has 0 bridgehead atoms. The molecule has 0 spiro atoms. The minimum atomic E-state index is -0.823. The topological polar surface area (TPSA) is 70.1 Å². The van der Waals surface area contributed by atoms with E-state index in [-0.39, 0.29) is 11.9 Å². The average molecular weight is 284 g/mol. The summed E-state index contributed by atoms with van der Waals surface area (Å²) in [6.45, 7) is 5.09. The molecule has 0 atom stereocenters. The maximum atomic E-state index is 11.7. The van der Waals surface area contributed by atoms with Crippen LogP contribution in [0.25, 0.3) is 0 Å². The molecule has 2 fully saturated rings. The zero-order valence-corrected chi connectivity index (χ0v) is 12.1. The molecule has 20 heavy (non-hydrogen) atoms. The van der Waals surface area contributed by atoms with Gasteiger partial charge in [0.15, 0.2) is 0 Å². The van der Waals surface area contributed by atoms with E-state index < -0.39 is 6.09 Å². The van der Waals surface area contributed by atoms with Crippen LogP contribution in [0.4, 0.5) is 4.79 Å². The number of rotatable bonds is 3. The Labute approximate surface area is 119 Å². The van der Waals surface area contributed by atoms with Crippen LogP contribution in [-0.4, -0.2) is 65.8 Å². The Morgan fingerprint density at radius 3 is 2.20 bits per heavy atom. The summed E-state index contributed by atoms with van der Waals surface area (Å²) >= 11 is 0. The summed E-state index contributed by atoms with van der Waals surface area (Å²) < 4.78 is 5.08. The molecule has 114 valence electrons. The van der Waals surface area contributed by atoms with Crippen LogP contribution in [0.1, 0.15) is 32.6 Å². The van der Waals surface area contributed by atoms with Crippen molar-refractivity contribution >= 4 is 12.1 Å². The van der Waals surface area contributed by atoms with Crippen LogP contribution >= 0.6 is 0 Å². The van der Waals surface area contributed by atoms with Gasteiger partial charge in [-0.1, -0.05) is 0 Å². The van der Waals surface area contributed by atoms with Gasteiger partial charge >= 0.3 is 12.1 Å². The van der Waals surface area contributed by atoms with E-state index >= 15 is 0 Å². The van der Waals surface area contributed by atoms with Crippen molar-refractivity contribution in [1.29, 1.82) is 0 Å². The van der Waals surface area contributed by atoms with Crippen molar-refractivity contribution in [3.05, 3.63) is 0 Å². The normalized spacial score (nSPS) is 28.1. The Hall–Kier alpha value is -1.30. The van der Waals surface area contributed by atoms with Gasteiger partial charge in [0, 0.05) is 32.2 Å². The first-order valence-corrected chi connectivity index (χ1v) is 7.50. The molecule has 0 unspecified atom stereocenters. The molecule has 1 heterocycles. The van der Waals surface area contributed by atoms with E-state index in [1.54, 1.807) is 0 Å². The molecule has 1 saturated heterocycles. The lowest BCUT2D eigenvalue weighted by molar-refractivity contribution is -0.149. The fraction of sp³-hybridized carbons (Fsp3) is 0.857. The van der Waals surface area contributed by atoms with Crippen molar-refractivity contribution < 1.29 is 19.4 Å². The monoisotopic (exact) mass is 284 g/mol. The highest BCUT2D eigenvalue weighted by atomic mass is 16.5. The third-order valence-electron chi connectivity index (χ3n) is 4.42. The van der Waals surface area contributed by atoms with Crippen LogP contribution in [0.15, 0.2) is 0 Å². The van der Waals surface area contributed by atoms with Crippen molar-refractivity contribution in [2.45, 2.75) is 38.6 Å². The molecule has 2 aliphatic rings. The second kappa shape index (κ2) is 6.92. The maximum absolute atomic E-state index is 11.7. The Morgan fingerprint density at radius 1 is 1.10 bits per heavy atom. The van der Waals surface area contributed by atoms with Crippen LogP contribution in [0, 0.1) is 5.92 Å². The highest BCUT2D eigenvalue weighted by molar-refractivity contribution is 5.72. The van der Waals surface area contributed by atoms with Gasteiger partial charge in [0.1, 0.15) is 0 Å². The lowest BCUT2D eigenvalue weighted by atomic mass is 9.85. The van der Waals surface area contributed by atoms with Crippen molar-refractivity contribution in [2.24, 2.45) is 5.92 Å². The zero-order valence-electron chi connectivity index (χ0n) is 12.1. The predicted octanol–water partition coefficient (Wildman–Crippen LogP) is 1.40. The molecule has 1 saturated carbocycles. The summed E-state index contributed by atoms with van der Waals surface area (Å²) in [5.41, 5.74) is 0. The molecule has 1 aliphatic carbocycles. The molecule has 0 radical (unpaired) electrons. The third-order valence-corrected chi connectivity index (χ3v) is 4.42. The van der Waals surface area contributed by atoms with Gasteiger partial charge in [-0.3, -0.25) is 9.69 Å². The van der Waals surface area contributed by atoms with Crippen LogP contribution in [0.3, 0.4) is 0 Å². The van der Waals surface area contributed by atoms with E-state index in [1.165, 1.54) is 4.90 Å². The molecule has 1 aliphatic heterocycles. The number of carbonyl (C=O) groups excluding carboxylic acids is 1. The number of piperazine rings is 1. The second-order valence-electron chi connectivity index (χ2n) is 5.56. The van der Waals surface area contributed by atoms with E-state index in [0.29, 0.717) is 25.7 Å². The molecule has 6 heteroatoms. The van der Waals surface area contributed by atoms with Crippen molar-refractivity contribution in [3.8, 4) is 0 Å². The van der Waals surface area contributed by atoms with Crippen LogP contribution in [0.2, 0.25) is 0 Å². The van der Waals surface area contributed by atoms with Crippen molar-refractivity contribution in [3.63, 3.8) is 0 Å². The summed E-state index contributed by atoms with van der Waals surface area (Å²) in [7, 11) is 0. The number of hydrogen-bond donors (Lipinski definition) is 1. The van der Waals surface area contributed by atoms with Gasteiger partial charge in [-0.15, -0.1) is 0 Å². The van der Waals surface area contributed by atoms with E-state index in [2.05, 4.69) is 4.90 Å². The first kappa shape index (κ1) is 15.1. The van der Waals surface area contributed by atoms with Gasteiger partial charge in [-0.25, -0.2) is 4.79 Å². The van der Waals surface area contributed by atoms with Gasteiger partial charge in [0.25, 0.3) is 0 Å². The SMILES string of the molecule is CCOC(=O)C1CCC(N2CCN(C(=O)O)CC2)CC1. The van der Waals surface area contributed by atoms with Crippen LogP contribution in [0.5, 0.6) is 0 Å². The fourth-order valence-electron chi connectivity index (χ4n) is 3.22. The van der Waals surface area contributed by atoms with Gasteiger partial charge < -0.3 is 14.7 Å². The van der Waals surface area contributed by atoms with E-state index in [4.69, 9.17) is 9.84 Å². The molecular formula is C14H24N2O4. The van der Waals surface area contributed by atoms with Crippen LogP contribution in [-0.2, 0) is 9.53 Å². The number of hydrogen-bond acceptors (Lipinski definition) is 4. The lowest BCUT2D eigenvalue weighted by Crippen LogP contribution is -2.52. The summed E-state index contributed by atoms with van der Waals surface area (Å²) in [4.78, 5) is 26.4. The molecular weight excluding hydrogens is 260 g/mol. The molecule has 6 nitrogen and oxygen atoms in total. The lowest BCUT2D eigenvalue weighted by Gasteiger charge is -2.40. The first-order valence-electron chi connectivity index (χ1n) is 7.50. The Kier molecular flexibility index (Phi) is 5.23. The van der Waals surface area contributed by atoms with Gasteiger partial charge in [0.2, 0.25) is 0 Å². The third kappa shape index (κ3) is 3.62. The summed E-state index contributed by atoms with van der Waals surface area (Å²) in [5, 5.41) is 8.94. The summed E-state index contributed by atoms with van der Waals surface area (Å²) in [6, 6.07) is 0.497. The number of esters is 1. The van der Waals surface area contributed by atoms with Gasteiger partial charge in [-0.05, 0) is 32.6 Å². The fourth-order valence-corrected chi connectivity index (χ4v) is 3.22.